The van der Waals surface area contributed by atoms with Crippen LogP contribution >= 0.6 is 11.6 Å². The summed E-state index contributed by atoms with van der Waals surface area (Å²) in [6.07, 6.45) is 0.316. The third-order valence-electron chi connectivity index (χ3n) is 5.06. The Morgan fingerprint density at radius 1 is 1.03 bits per heavy atom. The number of hydrogen-bond acceptors (Lipinski definition) is 3. The predicted octanol–water partition coefficient (Wildman–Crippen LogP) is 4.56. The number of halogens is 1. The summed E-state index contributed by atoms with van der Waals surface area (Å²) in [5, 5.41) is 2.87. The zero-order chi connectivity index (χ0) is 21.3. The van der Waals surface area contributed by atoms with Gasteiger partial charge in [-0.15, -0.1) is 0 Å². The van der Waals surface area contributed by atoms with E-state index in [4.69, 9.17) is 16.3 Å². The van der Waals surface area contributed by atoms with Crippen molar-refractivity contribution in [2.75, 3.05) is 0 Å². The molecule has 0 atom stereocenters. The second-order valence-electron chi connectivity index (χ2n) is 7.10. The second kappa shape index (κ2) is 8.16. The van der Waals surface area contributed by atoms with E-state index >= 15 is 0 Å². The molecule has 0 fully saturated rings. The van der Waals surface area contributed by atoms with Crippen LogP contribution in [0.1, 0.15) is 22.5 Å². The van der Waals surface area contributed by atoms with E-state index < -0.39 is 11.9 Å². The maximum Gasteiger partial charge on any atom is 0.348 e. The van der Waals surface area contributed by atoms with Gasteiger partial charge in [0.25, 0.3) is 5.91 Å². The number of amides is 3. The van der Waals surface area contributed by atoms with Gasteiger partial charge in [0.15, 0.2) is 0 Å². The van der Waals surface area contributed by atoms with Crippen molar-refractivity contribution in [3.63, 3.8) is 0 Å². The number of nitrogens with zero attached hydrogens (tertiary/aromatic N) is 2. The van der Waals surface area contributed by atoms with Gasteiger partial charge in [0.2, 0.25) is 0 Å². The maximum absolute atomic E-state index is 11.8. The highest BCUT2D eigenvalue weighted by molar-refractivity contribution is 6.46. The molecule has 0 radical (unpaired) electrons. The number of nitrogens with one attached hydrogen (secondary N) is 1. The average Bonchev–Trinajstić information content (AvgIpc) is 3.19. The number of aryl methyl sites for hydroxylation is 1. The fourth-order valence-corrected chi connectivity index (χ4v) is 3.73. The van der Waals surface area contributed by atoms with E-state index in [0.29, 0.717) is 18.1 Å². The molecule has 6 nitrogen and oxygen atoms in total. The predicted molar refractivity (Wildman–Crippen MR) is 116 cm³/mol. The lowest BCUT2D eigenvalue weighted by atomic mass is 10.1. The monoisotopic (exact) mass is 421 g/mol. The van der Waals surface area contributed by atoms with E-state index in [1.54, 1.807) is 0 Å². The SMILES string of the molecule is Cc1cc(CC2=NC(=O)NC2=O)c(C)n1-c1ccc(OCc2ccccc2Cl)cc1. The normalized spacial score (nSPS) is 13.4. The third-order valence-corrected chi connectivity index (χ3v) is 5.43. The molecule has 0 saturated carbocycles. The molecule has 0 aliphatic carbocycles. The van der Waals surface area contributed by atoms with Crippen LogP contribution in [0.3, 0.4) is 0 Å². The first-order valence-electron chi connectivity index (χ1n) is 9.49. The highest BCUT2D eigenvalue weighted by Gasteiger charge is 2.24. The van der Waals surface area contributed by atoms with Crippen LogP contribution in [-0.4, -0.2) is 22.2 Å². The van der Waals surface area contributed by atoms with Crippen molar-refractivity contribution < 1.29 is 14.3 Å². The van der Waals surface area contributed by atoms with Crippen LogP contribution in [0.2, 0.25) is 5.02 Å². The van der Waals surface area contributed by atoms with E-state index in [1.165, 1.54) is 0 Å². The van der Waals surface area contributed by atoms with Crippen molar-refractivity contribution in [3.8, 4) is 11.4 Å². The molecule has 3 amide bonds. The first kappa shape index (κ1) is 19.9. The van der Waals surface area contributed by atoms with Gasteiger partial charge >= 0.3 is 6.03 Å². The third kappa shape index (κ3) is 4.00. The average molecular weight is 422 g/mol. The number of urea groups is 1. The van der Waals surface area contributed by atoms with Crippen LogP contribution in [0.15, 0.2) is 59.6 Å². The molecule has 0 unspecified atom stereocenters. The molecule has 0 bridgehead atoms. The van der Waals surface area contributed by atoms with Crippen molar-refractivity contribution in [2.24, 2.45) is 4.99 Å². The first-order valence-corrected chi connectivity index (χ1v) is 9.87. The van der Waals surface area contributed by atoms with E-state index in [1.807, 2.05) is 68.4 Å². The Morgan fingerprint density at radius 3 is 2.43 bits per heavy atom. The Balaban J connectivity index is 1.51. The van der Waals surface area contributed by atoms with Gasteiger partial charge in [-0.3, -0.25) is 10.1 Å². The van der Waals surface area contributed by atoms with Crippen LogP contribution in [-0.2, 0) is 17.8 Å². The molecule has 1 aliphatic heterocycles. The lowest BCUT2D eigenvalue weighted by molar-refractivity contribution is -0.113. The Hall–Kier alpha value is -3.38. The Morgan fingerprint density at radius 2 is 1.77 bits per heavy atom. The highest BCUT2D eigenvalue weighted by Crippen LogP contribution is 2.25. The van der Waals surface area contributed by atoms with E-state index in [2.05, 4.69) is 14.9 Å². The Bertz CT molecular complexity index is 1160. The van der Waals surface area contributed by atoms with Crippen LogP contribution in [0.25, 0.3) is 5.69 Å². The van der Waals surface area contributed by atoms with Crippen LogP contribution in [0, 0.1) is 13.8 Å². The second-order valence-corrected chi connectivity index (χ2v) is 7.51. The molecule has 4 rings (SSSR count). The highest BCUT2D eigenvalue weighted by atomic mass is 35.5. The van der Waals surface area contributed by atoms with Crippen molar-refractivity contribution in [1.29, 1.82) is 0 Å². The fourth-order valence-electron chi connectivity index (χ4n) is 3.54. The summed E-state index contributed by atoms with van der Waals surface area (Å²) in [5.41, 5.74) is 5.13. The maximum atomic E-state index is 11.8. The van der Waals surface area contributed by atoms with Gasteiger partial charge in [0.1, 0.15) is 18.1 Å². The molecule has 1 aliphatic rings. The van der Waals surface area contributed by atoms with Crippen LogP contribution in [0.5, 0.6) is 5.75 Å². The molecule has 3 aromatic rings. The molecule has 2 heterocycles. The van der Waals surface area contributed by atoms with Crippen molar-refractivity contribution in [3.05, 3.63) is 82.1 Å². The lowest BCUT2D eigenvalue weighted by Gasteiger charge is -2.12. The Kier molecular flexibility index (Phi) is 5.42. The molecule has 1 N–H and O–H groups in total. The van der Waals surface area contributed by atoms with Gasteiger partial charge in [-0.2, -0.15) is 4.99 Å². The summed E-state index contributed by atoms with van der Waals surface area (Å²) in [4.78, 5) is 26.8. The minimum Gasteiger partial charge on any atom is -0.489 e. The van der Waals surface area contributed by atoms with Crippen molar-refractivity contribution >= 4 is 29.3 Å². The summed E-state index contributed by atoms with van der Waals surface area (Å²) in [6, 6.07) is 16.8. The quantitative estimate of drug-likeness (QED) is 0.634. The topological polar surface area (TPSA) is 72.7 Å². The standard InChI is InChI=1S/C23H20ClN3O3/c1-14-11-17(12-21-22(28)26-23(29)25-21)15(2)27(14)18-7-9-19(10-8-18)30-13-16-5-3-4-6-20(16)24/h3-11H,12-13H2,1-2H3,(H,26,28,29). The minimum atomic E-state index is -0.601. The molecule has 0 saturated heterocycles. The number of carbonyl (C=O) groups is 2. The Labute approximate surface area is 179 Å². The zero-order valence-electron chi connectivity index (χ0n) is 16.6. The summed E-state index contributed by atoms with van der Waals surface area (Å²) in [5.74, 6) is 0.321. The van der Waals surface area contributed by atoms with Gasteiger partial charge in [0.05, 0.1) is 0 Å². The number of rotatable bonds is 6. The zero-order valence-corrected chi connectivity index (χ0v) is 17.4. The van der Waals surface area contributed by atoms with E-state index in [-0.39, 0.29) is 5.71 Å². The molecule has 7 heteroatoms. The minimum absolute atomic E-state index is 0.239. The fraction of sp³-hybridized carbons (Fsp3) is 0.174. The van der Waals surface area contributed by atoms with E-state index in [0.717, 1.165) is 34.0 Å². The summed E-state index contributed by atoms with van der Waals surface area (Å²) in [6.45, 7) is 4.38. The lowest BCUT2D eigenvalue weighted by Crippen LogP contribution is -2.26. The number of imide groups is 1. The number of ether oxygens (including phenoxy) is 1. The molecule has 0 spiro atoms. The summed E-state index contributed by atoms with van der Waals surface area (Å²) >= 11 is 6.18. The van der Waals surface area contributed by atoms with Gasteiger partial charge in [-0.1, -0.05) is 29.8 Å². The molecule has 30 heavy (non-hydrogen) atoms. The molecular formula is C23H20ClN3O3. The van der Waals surface area contributed by atoms with Crippen molar-refractivity contribution in [1.82, 2.24) is 9.88 Å². The molecule has 152 valence electrons. The van der Waals surface area contributed by atoms with E-state index in [9.17, 15) is 9.59 Å². The van der Waals surface area contributed by atoms with Gasteiger partial charge in [-0.05, 0) is 55.8 Å². The first-order chi connectivity index (χ1) is 14.4. The molecule has 1 aromatic heterocycles. The van der Waals surface area contributed by atoms with Gasteiger partial charge < -0.3 is 9.30 Å². The number of carbonyl (C=O) groups excluding carboxylic acids is 2. The van der Waals surface area contributed by atoms with Crippen LogP contribution < -0.4 is 10.1 Å². The smallest absolute Gasteiger partial charge is 0.348 e. The molecular weight excluding hydrogens is 402 g/mol. The van der Waals surface area contributed by atoms with Gasteiger partial charge in [0, 0.05) is 34.1 Å². The largest absolute Gasteiger partial charge is 0.489 e. The number of hydrogen-bond donors (Lipinski definition) is 1. The van der Waals surface area contributed by atoms with Crippen molar-refractivity contribution in [2.45, 2.75) is 26.9 Å². The van der Waals surface area contributed by atoms with Gasteiger partial charge in [-0.25, -0.2) is 4.79 Å². The number of aromatic nitrogens is 1. The summed E-state index contributed by atoms with van der Waals surface area (Å²) in [7, 11) is 0. The number of benzene rings is 2. The summed E-state index contributed by atoms with van der Waals surface area (Å²) < 4.78 is 7.95. The van der Waals surface area contributed by atoms with Crippen LogP contribution in [0.4, 0.5) is 4.79 Å². The molecule has 2 aromatic carbocycles. The number of aliphatic imine (C=N–C) groups is 1.